The first-order chi connectivity index (χ1) is 16.6. The Bertz CT molecular complexity index is 399. The van der Waals surface area contributed by atoms with Crippen LogP contribution in [0.3, 0.4) is 0 Å². The summed E-state index contributed by atoms with van der Waals surface area (Å²) in [6, 6.07) is 0. The van der Waals surface area contributed by atoms with Gasteiger partial charge >= 0.3 is 5.97 Å². The monoisotopic (exact) mass is 484 g/mol. The minimum absolute atomic E-state index is 0.00346. The molecule has 1 unspecified atom stereocenters. The van der Waals surface area contributed by atoms with Crippen molar-refractivity contribution in [2.24, 2.45) is 5.92 Å². The van der Waals surface area contributed by atoms with Crippen LogP contribution < -0.4 is 0 Å². The van der Waals surface area contributed by atoms with Crippen molar-refractivity contribution in [2.45, 2.75) is 168 Å². The van der Waals surface area contributed by atoms with Crippen LogP contribution in [0, 0.1) is 5.92 Å². The molecular formula is C30H60O4. The molecule has 0 bridgehead atoms. The highest BCUT2D eigenvalue weighted by molar-refractivity contribution is 5.69. The number of hydrogen-bond donors (Lipinski definition) is 2. The van der Waals surface area contributed by atoms with Crippen molar-refractivity contribution in [3.63, 3.8) is 0 Å². The number of carbonyl (C=O) groups is 1. The number of aliphatic hydroxyl groups excluding tert-OH is 2. The lowest BCUT2D eigenvalue weighted by Gasteiger charge is -2.16. The maximum atomic E-state index is 12.4. The van der Waals surface area contributed by atoms with E-state index in [0.29, 0.717) is 18.9 Å². The van der Waals surface area contributed by atoms with Crippen LogP contribution in [0.1, 0.15) is 162 Å². The maximum absolute atomic E-state index is 12.4. The molecule has 0 aromatic carbocycles. The van der Waals surface area contributed by atoms with E-state index >= 15 is 0 Å². The molecule has 0 heterocycles. The van der Waals surface area contributed by atoms with Crippen molar-refractivity contribution in [1.29, 1.82) is 0 Å². The molecule has 0 aliphatic rings. The van der Waals surface area contributed by atoms with Gasteiger partial charge in [-0.2, -0.15) is 0 Å². The first-order valence-corrected chi connectivity index (χ1v) is 15.1. The zero-order valence-electron chi connectivity index (χ0n) is 23.0. The van der Waals surface area contributed by atoms with Crippen molar-refractivity contribution >= 4 is 5.97 Å². The van der Waals surface area contributed by atoms with Gasteiger partial charge < -0.3 is 14.9 Å². The van der Waals surface area contributed by atoms with Crippen LogP contribution in [0.15, 0.2) is 0 Å². The zero-order chi connectivity index (χ0) is 25.1. The van der Waals surface area contributed by atoms with Gasteiger partial charge in [0.1, 0.15) is 0 Å². The summed E-state index contributed by atoms with van der Waals surface area (Å²) in [5, 5.41) is 18.8. The Morgan fingerprint density at radius 3 is 1.56 bits per heavy atom. The second kappa shape index (κ2) is 27.0. The molecule has 0 spiro atoms. The van der Waals surface area contributed by atoms with Crippen LogP contribution in [-0.2, 0) is 9.53 Å². The molecule has 204 valence electrons. The Balaban J connectivity index is 3.85. The van der Waals surface area contributed by atoms with Crippen LogP contribution in [0.25, 0.3) is 0 Å². The average Bonchev–Trinajstić information content (AvgIpc) is 2.82. The summed E-state index contributed by atoms with van der Waals surface area (Å²) in [5.41, 5.74) is 0. The topological polar surface area (TPSA) is 66.8 Å². The summed E-state index contributed by atoms with van der Waals surface area (Å²) < 4.78 is 5.57. The maximum Gasteiger partial charge on any atom is 0.306 e. The summed E-state index contributed by atoms with van der Waals surface area (Å²) >= 11 is 0. The van der Waals surface area contributed by atoms with Crippen molar-refractivity contribution < 1.29 is 19.7 Å². The van der Waals surface area contributed by atoms with E-state index in [1.807, 2.05) is 0 Å². The fraction of sp³-hybridized carbons (Fsp3) is 0.967. The van der Waals surface area contributed by atoms with E-state index in [1.165, 1.54) is 77.0 Å². The first kappa shape index (κ1) is 33.4. The number of ether oxygens (including phenoxy) is 1. The molecule has 2 N–H and O–H groups in total. The van der Waals surface area contributed by atoms with Gasteiger partial charge in [-0.15, -0.1) is 0 Å². The summed E-state index contributed by atoms with van der Waals surface area (Å²) in [6.45, 7) is 5.33. The van der Waals surface area contributed by atoms with Crippen LogP contribution >= 0.6 is 0 Å². The Labute approximate surface area is 212 Å². The highest BCUT2D eigenvalue weighted by atomic mass is 16.5. The molecule has 34 heavy (non-hydrogen) atoms. The predicted molar refractivity (Wildman–Crippen MR) is 145 cm³/mol. The summed E-state index contributed by atoms with van der Waals surface area (Å²) in [7, 11) is 0. The molecule has 0 radical (unpaired) electrons. The third-order valence-electron chi connectivity index (χ3n) is 7.03. The number of unbranched alkanes of at least 4 members (excludes halogenated alkanes) is 14. The lowest BCUT2D eigenvalue weighted by molar-refractivity contribution is -0.145. The first-order valence-electron chi connectivity index (χ1n) is 15.1. The lowest BCUT2D eigenvalue weighted by Crippen LogP contribution is -2.13. The lowest BCUT2D eigenvalue weighted by atomic mass is 9.91. The van der Waals surface area contributed by atoms with Crippen molar-refractivity contribution in [2.75, 3.05) is 13.2 Å². The number of carbonyl (C=O) groups excluding carboxylic acids is 1. The molecular weight excluding hydrogens is 424 g/mol. The molecule has 4 nitrogen and oxygen atoms in total. The molecule has 0 aliphatic heterocycles. The van der Waals surface area contributed by atoms with E-state index in [-0.39, 0.29) is 18.7 Å². The second-order valence-corrected chi connectivity index (χ2v) is 10.5. The number of hydrogen-bond acceptors (Lipinski definition) is 4. The number of rotatable bonds is 27. The molecule has 0 aromatic rings. The minimum Gasteiger partial charge on any atom is -0.466 e. The summed E-state index contributed by atoms with van der Waals surface area (Å²) in [5.74, 6) is 0.504. The zero-order valence-corrected chi connectivity index (χ0v) is 23.0. The largest absolute Gasteiger partial charge is 0.466 e. The van der Waals surface area contributed by atoms with Crippen molar-refractivity contribution in [3.8, 4) is 0 Å². The Kier molecular flexibility index (Phi) is 26.5. The fourth-order valence-corrected chi connectivity index (χ4v) is 4.73. The van der Waals surface area contributed by atoms with Gasteiger partial charge in [0.15, 0.2) is 0 Å². The van der Waals surface area contributed by atoms with Crippen LogP contribution in [0.5, 0.6) is 0 Å². The van der Waals surface area contributed by atoms with E-state index in [2.05, 4.69) is 13.8 Å². The molecule has 1 atom stereocenters. The smallest absolute Gasteiger partial charge is 0.306 e. The van der Waals surface area contributed by atoms with Gasteiger partial charge in [-0.1, -0.05) is 117 Å². The summed E-state index contributed by atoms with van der Waals surface area (Å²) in [6.07, 6.45) is 25.7. The number of aliphatic hydroxyl groups is 2. The van der Waals surface area contributed by atoms with Crippen LogP contribution in [0.2, 0.25) is 0 Å². The average molecular weight is 485 g/mol. The minimum atomic E-state index is -0.187. The highest BCUT2D eigenvalue weighted by Gasteiger charge is 2.15. The van der Waals surface area contributed by atoms with Gasteiger partial charge in [-0.3, -0.25) is 4.79 Å². The molecule has 0 saturated carbocycles. The Morgan fingerprint density at radius 1 is 0.618 bits per heavy atom. The van der Waals surface area contributed by atoms with E-state index in [9.17, 15) is 9.90 Å². The SMILES string of the molecule is CCCCCCCC(CCCCCCC)CC(=O)OCCCCCCC(O)CCCCCCO. The number of esters is 1. The highest BCUT2D eigenvalue weighted by Crippen LogP contribution is 2.22. The fourth-order valence-electron chi connectivity index (χ4n) is 4.73. The quantitative estimate of drug-likeness (QED) is 0.0905. The Morgan fingerprint density at radius 2 is 1.06 bits per heavy atom. The molecule has 0 aliphatic carbocycles. The molecule has 0 saturated heterocycles. The van der Waals surface area contributed by atoms with Crippen LogP contribution in [0.4, 0.5) is 0 Å². The van der Waals surface area contributed by atoms with Gasteiger partial charge in [0, 0.05) is 13.0 Å². The molecule has 0 amide bonds. The molecule has 0 fully saturated rings. The predicted octanol–water partition coefficient (Wildman–Crippen LogP) is 8.51. The third kappa shape index (κ3) is 24.5. The van der Waals surface area contributed by atoms with Gasteiger partial charge in [-0.05, 0) is 44.4 Å². The van der Waals surface area contributed by atoms with E-state index < -0.39 is 0 Å². The standard InChI is InChI=1S/C30H60O4/c1-3-5-7-9-15-21-28(22-16-10-8-6-4-2)27-30(33)34-26-20-14-12-18-24-29(32)23-17-11-13-19-25-31/h28-29,31-32H,3-27H2,1-2H3. The van der Waals surface area contributed by atoms with Gasteiger partial charge in [-0.25, -0.2) is 0 Å². The van der Waals surface area contributed by atoms with Crippen LogP contribution in [-0.4, -0.2) is 35.5 Å². The third-order valence-corrected chi connectivity index (χ3v) is 7.03. The van der Waals surface area contributed by atoms with Gasteiger partial charge in [0.2, 0.25) is 0 Å². The summed E-state index contributed by atoms with van der Waals surface area (Å²) in [4.78, 5) is 12.4. The van der Waals surface area contributed by atoms with Crippen molar-refractivity contribution in [3.05, 3.63) is 0 Å². The van der Waals surface area contributed by atoms with Gasteiger partial charge in [0.25, 0.3) is 0 Å². The van der Waals surface area contributed by atoms with Crippen molar-refractivity contribution in [1.82, 2.24) is 0 Å². The normalized spacial score (nSPS) is 12.4. The molecule has 0 aromatic heterocycles. The van der Waals surface area contributed by atoms with E-state index in [1.54, 1.807) is 0 Å². The van der Waals surface area contributed by atoms with Gasteiger partial charge in [0.05, 0.1) is 12.7 Å². The van der Waals surface area contributed by atoms with E-state index in [4.69, 9.17) is 9.84 Å². The molecule has 0 rings (SSSR count). The second-order valence-electron chi connectivity index (χ2n) is 10.5. The molecule has 4 heteroatoms. The van der Waals surface area contributed by atoms with E-state index in [0.717, 1.165) is 64.2 Å². The Hall–Kier alpha value is -0.610.